The molecule has 2 aromatic rings. The maximum atomic E-state index is 12.4. The highest BCUT2D eigenvalue weighted by atomic mass is 32.2. The lowest BCUT2D eigenvalue weighted by Gasteiger charge is -2.15. The van der Waals surface area contributed by atoms with Crippen LogP contribution in [-0.2, 0) is 24.3 Å². The topological polar surface area (TPSA) is 177 Å². The molecule has 166 valence electrons. The van der Waals surface area contributed by atoms with E-state index in [4.69, 9.17) is 25.1 Å². The number of hydrogen-bond donors (Lipinski definition) is 3. The number of primary sulfonamides is 1. The quantitative estimate of drug-likeness (QED) is 0.458. The van der Waals surface area contributed by atoms with Gasteiger partial charge in [0.15, 0.2) is 24.2 Å². The van der Waals surface area contributed by atoms with E-state index >= 15 is 0 Å². The van der Waals surface area contributed by atoms with Crippen molar-refractivity contribution in [3.63, 3.8) is 0 Å². The van der Waals surface area contributed by atoms with Crippen LogP contribution in [0.25, 0.3) is 0 Å². The van der Waals surface area contributed by atoms with Crippen molar-refractivity contribution in [2.45, 2.75) is 17.9 Å². The molecule has 0 bridgehead atoms. The van der Waals surface area contributed by atoms with E-state index in [0.717, 1.165) is 0 Å². The minimum atomic E-state index is -3.94. The Balaban J connectivity index is 2.06. The summed E-state index contributed by atoms with van der Waals surface area (Å²) in [5.74, 6) is -1.83. The van der Waals surface area contributed by atoms with E-state index < -0.39 is 33.9 Å². The van der Waals surface area contributed by atoms with Crippen molar-refractivity contribution in [1.82, 2.24) is 0 Å². The van der Waals surface area contributed by atoms with Gasteiger partial charge in [-0.25, -0.2) is 18.4 Å². The summed E-state index contributed by atoms with van der Waals surface area (Å²) < 4.78 is 38.3. The van der Waals surface area contributed by atoms with Crippen molar-refractivity contribution in [3.8, 4) is 11.5 Å². The largest absolute Gasteiger partial charge is 0.493 e. The van der Waals surface area contributed by atoms with Gasteiger partial charge in [0, 0.05) is 5.69 Å². The van der Waals surface area contributed by atoms with Crippen molar-refractivity contribution >= 4 is 33.5 Å². The number of esters is 1. The summed E-state index contributed by atoms with van der Waals surface area (Å²) in [5.41, 5.74) is 5.26. The van der Waals surface area contributed by atoms with E-state index in [1.807, 2.05) is 0 Å². The molecule has 0 radical (unpaired) electrons. The zero-order chi connectivity index (χ0) is 23.2. The number of hydrogen-bond acceptors (Lipinski definition) is 8. The third-order valence-electron chi connectivity index (χ3n) is 3.85. The fraction of sp³-hybridized carbons (Fsp3) is 0.211. The summed E-state index contributed by atoms with van der Waals surface area (Å²) in [4.78, 5) is 35.3. The lowest BCUT2D eigenvalue weighted by molar-refractivity contribution is -0.123. The molecule has 0 fully saturated rings. The normalized spacial score (nSPS) is 11.8. The van der Waals surface area contributed by atoms with E-state index in [9.17, 15) is 22.8 Å². The number of carbonyl (C=O) groups excluding carboxylic acids is 3. The Bertz CT molecular complexity index is 1100. The van der Waals surface area contributed by atoms with Gasteiger partial charge < -0.3 is 25.3 Å². The van der Waals surface area contributed by atoms with Gasteiger partial charge in [-0.1, -0.05) is 6.07 Å². The van der Waals surface area contributed by atoms with Crippen LogP contribution >= 0.6 is 0 Å². The third kappa shape index (κ3) is 6.69. The minimum absolute atomic E-state index is 0.0687. The molecular weight excluding hydrogens is 430 g/mol. The first-order valence-corrected chi connectivity index (χ1v) is 10.3. The first-order valence-electron chi connectivity index (χ1n) is 8.75. The Hall–Kier alpha value is -3.64. The molecule has 0 spiro atoms. The van der Waals surface area contributed by atoms with E-state index in [2.05, 4.69) is 5.32 Å². The van der Waals surface area contributed by atoms with Gasteiger partial charge in [-0.3, -0.25) is 9.59 Å². The van der Waals surface area contributed by atoms with Crippen LogP contribution in [-0.4, -0.2) is 46.0 Å². The Morgan fingerprint density at radius 3 is 2.42 bits per heavy atom. The van der Waals surface area contributed by atoms with Crippen LogP contribution in [0.5, 0.6) is 11.5 Å². The number of benzene rings is 2. The maximum absolute atomic E-state index is 12.4. The maximum Gasteiger partial charge on any atom is 0.339 e. The number of methoxy groups -OCH3 is 1. The van der Waals surface area contributed by atoms with Gasteiger partial charge in [0.25, 0.3) is 11.8 Å². The molecular formula is C19H21N3O8S. The van der Waals surface area contributed by atoms with Crippen LogP contribution in [0, 0.1) is 0 Å². The molecule has 2 aromatic carbocycles. The Labute approximate surface area is 178 Å². The highest BCUT2D eigenvalue weighted by Crippen LogP contribution is 2.28. The third-order valence-corrected chi connectivity index (χ3v) is 4.76. The highest BCUT2D eigenvalue weighted by Gasteiger charge is 2.21. The van der Waals surface area contributed by atoms with Crippen molar-refractivity contribution in [1.29, 1.82) is 0 Å². The number of sulfonamides is 1. The number of nitrogens with two attached hydrogens (primary N) is 2. The number of anilines is 1. The predicted octanol–water partition coefficient (Wildman–Crippen LogP) is 0.391. The first kappa shape index (κ1) is 23.6. The van der Waals surface area contributed by atoms with Crippen LogP contribution in [0.3, 0.4) is 0 Å². The molecule has 0 saturated carbocycles. The smallest absolute Gasteiger partial charge is 0.339 e. The molecule has 12 heteroatoms. The van der Waals surface area contributed by atoms with E-state index in [0.29, 0.717) is 0 Å². The summed E-state index contributed by atoms with van der Waals surface area (Å²) in [6.07, 6.45) is -1.21. The van der Waals surface area contributed by atoms with Gasteiger partial charge in [-0.2, -0.15) is 0 Å². The van der Waals surface area contributed by atoms with Crippen LogP contribution < -0.4 is 25.7 Å². The number of amides is 2. The zero-order valence-electron chi connectivity index (χ0n) is 16.7. The molecule has 0 aromatic heterocycles. The fourth-order valence-electron chi connectivity index (χ4n) is 2.34. The zero-order valence-corrected chi connectivity index (χ0v) is 17.5. The second-order valence-electron chi connectivity index (χ2n) is 6.23. The molecule has 2 rings (SSSR count). The molecule has 2 amide bonds. The van der Waals surface area contributed by atoms with Crippen molar-refractivity contribution in [2.75, 3.05) is 19.0 Å². The molecule has 11 nitrogen and oxygen atoms in total. The van der Waals surface area contributed by atoms with Crippen LogP contribution in [0.4, 0.5) is 5.69 Å². The van der Waals surface area contributed by atoms with Crippen LogP contribution in [0.1, 0.15) is 17.3 Å². The molecule has 0 aliphatic carbocycles. The Morgan fingerprint density at radius 1 is 1.10 bits per heavy atom. The second kappa shape index (κ2) is 9.91. The van der Waals surface area contributed by atoms with E-state index in [-0.39, 0.29) is 34.3 Å². The molecule has 1 atom stereocenters. The van der Waals surface area contributed by atoms with Crippen molar-refractivity contribution in [2.24, 2.45) is 10.9 Å². The standard InChI is InChI=1S/C19H21N3O8S/c1-11(18(24)22-13-4-3-5-14(9-13)31(21,26)27)30-19(25)12-6-7-15(16(8-12)28-2)29-10-17(20)23/h3-9,11H,10H2,1-2H3,(H2,20,23)(H,22,24)(H2,21,26,27). The van der Waals surface area contributed by atoms with Gasteiger partial charge in [-0.15, -0.1) is 0 Å². The van der Waals surface area contributed by atoms with Crippen LogP contribution in [0.2, 0.25) is 0 Å². The van der Waals surface area contributed by atoms with Gasteiger partial charge in [-0.05, 0) is 43.3 Å². The summed E-state index contributed by atoms with van der Waals surface area (Å²) in [7, 11) is -2.60. The van der Waals surface area contributed by atoms with Gasteiger partial charge in [0.1, 0.15) is 0 Å². The number of primary amides is 1. The number of carbonyl (C=O) groups is 3. The Morgan fingerprint density at radius 2 is 1.81 bits per heavy atom. The summed E-state index contributed by atoms with van der Waals surface area (Å²) in [6, 6.07) is 9.38. The summed E-state index contributed by atoms with van der Waals surface area (Å²) in [5, 5.41) is 7.51. The summed E-state index contributed by atoms with van der Waals surface area (Å²) in [6.45, 7) is 0.975. The molecule has 0 saturated heterocycles. The fourth-order valence-corrected chi connectivity index (χ4v) is 2.90. The molecule has 31 heavy (non-hydrogen) atoms. The monoisotopic (exact) mass is 451 g/mol. The number of nitrogens with one attached hydrogen (secondary N) is 1. The molecule has 5 N–H and O–H groups in total. The Kier molecular flexibility index (Phi) is 7.56. The van der Waals surface area contributed by atoms with Gasteiger partial charge in [0.05, 0.1) is 17.6 Å². The predicted molar refractivity (Wildman–Crippen MR) is 109 cm³/mol. The second-order valence-corrected chi connectivity index (χ2v) is 7.79. The number of ether oxygens (including phenoxy) is 3. The van der Waals surface area contributed by atoms with Gasteiger partial charge in [0.2, 0.25) is 10.0 Å². The lowest BCUT2D eigenvalue weighted by Crippen LogP contribution is -2.30. The molecule has 0 heterocycles. The summed E-state index contributed by atoms with van der Waals surface area (Å²) >= 11 is 0. The molecule has 1 unspecified atom stereocenters. The average molecular weight is 451 g/mol. The van der Waals surface area contributed by atoms with E-state index in [1.165, 1.54) is 56.5 Å². The van der Waals surface area contributed by atoms with Crippen molar-refractivity contribution in [3.05, 3.63) is 48.0 Å². The van der Waals surface area contributed by atoms with Crippen molar-refractivity contribution < 1.29 is 37.0 Å². The molecule has 0 aliphatic rings. The minimum Gasteiger partial charge on any atom is -0.493 e. The first-order chi connectivity index (χ1) is 14.5. The molecule has 0 aliphatic heterocycles. The van der Waals surface area contributed by atoms with Gasteiger partial charge >= 0.3 is 5.97 Å². The highest BCUT2D eigenvalue weighted by molar-refractivity contribution is 7.89. The van der Waals surface area contributed by atoms with Crippen LogP contribution in [0.15, 0.2) is 47.4 Å². The van der Waals surface area contributed by atoms with E-state index in [1.54, 1.807) is 0 Å². The SMILES string of the molecule is COc1cc(C(=O)OC(C)C(=O)Nc2cccc(S(N)(=O)=O)c2)ccc1OCC(N)=O. The lowest BCUT2D eigenvalue weighted by atomic mass is 10.2. The average Bonchev–Trinajstić information content (AvgIpc) is 2.71. The number of rotatable bonds is 9.